The van der Waals surface area contributed by atoms with E-state index in [2.05, 4.69) is 26.2 Å². The standard InChI is InChI=1S/C8H14/c1-4-6-7-8(3)5-2/h6,8H,1,5,7H2,2-3H3. The van der Waals surface area contributed by atoms with E-state index in [0.717, 1.165) is 12.3 Å². The molecule has 0 aromatic carbocycles. The molecule has 0 rings (SSSR count). The fourth-order valence-corrected chi connectivity index (χ4v) is 0.451. The molecule has 0 saturated heterocycles. The van der Waals surface area contributed by atoms with Crippen molar-refractivity contribution in [2.45, 2.75) is 26.7 Å². The topological polar surface area (TPSA) is 0 Å². The van der Waals surface area contributed by atoms with Gasteiger partial charge in [-0.3, -0.25) is 0 Å². The van der Waals surface area contributed by atoms with Gasteiger partial charge in [-0.2, -0.15) is 0 Å². The predicted molar refractivity (Wildman–Crippen MR) is 37.8 cm³/mol. The van der Waals surface area contributed by atoms with Crippen LogP contribution in [0.5, 0.6) is 0 Å². The fraction of sp³-hybridized carbons (Fsp3) is 0.625. The van der Waals surface area contributed by atoms with Crippen LogP contribution in [0.15, 0.2) is 18.4 Å². The molecule has 8 heavy (non-hydrogen) atoms. The molecule has 0 N–H and O–H groups in total. The maximum atomic E-state index is 3.49. The first-order valence-electron chi connectivity index (χ1n) is 3.15. The van der Waals surface area contributed by atoms with Crippen molar-refractivity contribution in [2.24, 2.45) is 5.92 Å². The number of hydrogen-bond acceptors (Lipinski definition) is 0. The van der Waals surface area contributed by atoms with Crippen molar-refractivity contribution in [3.05, 3.63) is 18.4 Å². The van der Waals surface area contributed by atoms with Crippen molar-refractivity contribution < 1.29 is 0 Å². The van der Waals surface area contributed by atoms with Crippen LogP contribution < -0.4 is 0 Å². The van der Waals surface area contributed by atoms with Gasteiger partial charge in [-0.15, -0.1) is 5.73 Å². The average Bonchev–Trinajstić information content (AvgIpc) is 1.83. The van der Waals surface area contributed by atoms with Crippen LogP contribution in [0.4, 0.5) is 0 Å². The first kappa shape index (κ1) is 7.52. The van der Waals surface area contributed by atoms with Crippen molar-refractivity contribution in [1.29, 1.82) is 0 Å². The summed E-state index contributed by atoms with van der Waals surface area (Å²) < 4.78 is 0. The molecule has 0 aliphatic carbocycles. The van der Waals surface area contributed by atoms with Gasteiger partial charge in [-0.05, 0) is 18.4 Å². The molecule has 0 amide bonds. The van der Waals surface area contributed by atoms with Gasteiger partial charge in [0.25, 0.3) is 0 Å². The Morgan fingerprint density at radius 2 is 2.38 bits per heavy atom. The quantitative estimate of drug-likeness (QED) is 0.490. The molecule has 0 aliphatic rings. The van der Waals surface area contributed by atoms with Gasteiger partial charge >= 0.3 is 0 Å². The van der Waals surface area contributed by atoms with E-state index in [1.54, 1.807) is 0 Å². The summed E-state index contributed by atoms with van der Waals surface area (Å²) in [5.41, 5.74) is 2.76. The monoisotopic (exact) mass is 110 g/mol. The summed E-state index contributed by atoms with van der Waals surface area (Å²) in [5, 5.41) is 0. The molecule has 0 heterocycles. The van der Waals surface area contributed by atoms with Gasteiger partial charge in [0.2, 0.25) is 0 Å². The molecule has 0 aromatic heterocycles. The molecular weight excluding hydrogens is 96.1 g/mol. The van der Waals surface area contributed by atoms with Crippen LogP contribution in [0.2, 0.25) is 0 Å². The van der Waals surface area contributed by atoms with Crippen LogP contribution in [0.3, 0.4) is 0 Å². The largest absolute Gasteiger partial charge is 0.133 e. The van der Waals surface area contributed by atoms with Gasteiger partial charge in [0.15, 0.2) is 0 Å². The van der Waals surface area contributed by atoms with Crippen molar-refractivity contribution >= 4 is 0 Å². The van der Waals surface area contributed by atoms with E-state index in [1.165, 1.54) is 6.42 Å². The van der Waals surface area contributed by atoms with E-state index in [-0.39, 0.29) is 0 Å². The Morgan fingerprint density at radius 1 is 1.75 bits per heavy atom. The molecule has 0 nitrogen and oxygen atoms in total. The Bertz CT molecular complexity index is 86.2. The van der Waals surface area contributed by atoms with E-state index in [4.69, 9.17) is 0 Å². The van der Waals surface area contributed by atoms with Gasteiger partial charge < -0.3 is 0 Å². The zero-order chi connectivity index (χ0) is 6.41. The van der Waals surface area contributed by atoms with Crippen LogP contribution in [-0.4, -0.2) is 0 Å². The molecule has 0 aliphatic heterocycles. The van der Waals surface area contributed by atoms with Crippen LogP contribution in [0.25, 0.3) is 0 Å². The van der Waals surface area contributed by atoms with Crippen molar-refractivity contribution in [2.75, 3.05) is 0 Å². The minimum atomic E-state index is 0.796. The number of rotatable bonds is 3. The smallest absolute Gasteiger partial charge is 0.0249 e. The molecule has 0 radical (unpaired) electrons. The molecule has 0 heteroatoms. The summed E-state index contributed by atoms with van der Waals surface area (Å²) in [4.78, 5) is 0. The lowest BCUT2D eigenvalue weighted by Gasteiger charge is -1.99. The van der Waals surface area contributed by atoms with Crippen molar-refractivity contribution in [3.8, 4) is 0 Å². The van der Waals surface area contributed by atoms with Gasteiger partial charge in [-0.25, -0.2) is 0 Å². The Hall–Kier alpha value is -0.480. The van der Waals surface area contributed by atoms with Crippen LogP contribution in [-0.2, 0) is 0 Å². The number of hydrogen-bond donors (Lipinski definition) is 0. The Kier molecular flexibility index (Phi) is 4.39. The average molecular weight is 110 g/mol. The molecule has 0 aromatic rings. The molecule has 1 unspecified atom stereocenters. The zero-order valence-electron chi connectivity index (χ0n) is 5.78. The summed E-state index contributed by atoms with van der Waals surface area (Å²) in [6.07, 6.45) is 4.37. The van der Waals surface area contributed by atoms with E-state index in [1.807, 2.05) is 6.08 Å². The molecule has 0 fully saturated rings. The Labute approximate surface area is 51.9 Å². The van der Waals surface area contributed by atoms with Gasteiger partial charge in [0.05, 0.1) is 0 Å². The summed E-state index contributed by atoms with van der Waals surface area (Å²) in [7, 11) is 0. The van der Waals surface area contributed by atoms with Gasteiger partial charge in [0.1, 0.15) is 0 Å². The van der Waals surface area contributed by atoms with Gasteiger partial charge in [-0.1, -0.05) is 26.8 Å². The first-order valence-corrected chi connectivity index (χ1v) is 3.15. The maximum absolute atomic E-state index is 3.49. The summed E-state index contributed by atoms with van der Waals surface area (Å²) in [5.74, 6) is 0.796. The SMILES string of the molecule is C=C=CCC(C)CC. The molecule has 0 saturated carbocycles. The minimum absolute atomic E-state index is 0.796. The molecule has 0 spiro atoms. The third kappa shape index (κ3) is 3.70. The number of allylic oxidation sites excluding steroid dienone is 1. The normalized spacial score (nSPS) is 12.2. The van der Waals surface area contributed by atoms with Gasteiger partial charge in [0, 0.05) is 0 Å². The second kappa shape index (κ2) is 4.67. The first-order chi connectivity index (χ1) is 3.81. The third-order valence-electron chi connectivity index (χ3n) is 1.36. The summed E-state index contributed by atoms with van der Waals surface area (Å²) >= 11 is 0. The molecule has 1 atom stereocenters. The lowest BCUT2D eigenvalue weighted by Crippen LogP contribution is -1.86. The summed E-state index contributed by atoms with van der Waals surface area (Å²) in [6.45, 7) is 7.91. The van der Waals surface area contributed by atoms with Crippen LogP contribution in [0.1, 0.15) is 26.7 Å². The second-order valence-electron chi connectivity index (χ2n) is 2.16. The predicted octanol–water partition coefficient (Wildman–Crippen LogP) is 2.76. The van der Waals surface area contributed by atoms with Crippen LogP contribution in [0, 0.1) is 5.92 Å². The Morgan fingerprint density at radius 3 is 2.75 bits per heavy atom. The lowest BCUT2D eigenvalue weighted by molar-refractivity contribution is 0.572. The molecular formula is C8H14. The highest BCUT2D eigenvalue weighted by Gasteiger charge is 1.91. The van der Waals surface area contributed by atoms with Crippen molar-refractivity contribution in [3.63, 3.8) is 0 Å². The highest BCUT2D eigenvalue weighted by molar-refractivity contribution is 4.77. The highest BCUT2D eigenvalue weighted by Crippen LogP contribution is 2.05. The third-order valence-corrected chi connectivity index (χ3v) is 1.36. The summed E-state index contributed by atoms with van der Waals surface area (Å²) in [6, 6.07) is 0. The fourth-order valence-electron chi connectivity index (χ4n) is 0.451. The highest BCUT2D eigenvalue weighted by atomic mass is 14.0. The van der Waals surface area contributed by atoms with E-state index >= 15 is 0 Å². The lowest BCUT2D eigenvalue weighted by atomic mass is 10.1. The minimum Gasteiger partial charge on any atom is -0.133 e. The van der Waals surface area contributed by atoms with Crippen LogP contribution >= 0.6 is 0 Å². The molecule has 46 valence electrons. The van der Waals surface area contributed by atoms with E-state index in [9.17, 15) is 0 Å². The van der Waals surface area contributed by atoms with E-state index < -0.39 is 0 Å². The molecule has 0 bridgehead atoms. The Balaban J connectivity index is 3.23. The van der Waals surface area contributed by atoms with Crippen molar-refractivity contribution in [1.82, 2.24) is 0 Å². The maximum Gasteiger partial charge on any atom is -0.0249 e. The second-order valence-corrected chi connectivity index (χ2v) is 2.16. The van der Waals surface area contributed by atoms with E-state index in [0.29, 0.717) is 0 Å². The zero-order valence-corrected chi connectivity index (χ0v) is 5.78.